The normalized spacial score (nSPS) is 20.8. The van der Waals surface area contributed by atoms with Crippen molar-refractivity contribution in [2.24, 2.45) is 0 Å². The van der Waals surface area contributed by atoms with Gasteiger partial charge in [-0.15, -0.1) is 0 Å². The van der Waals surface area contributed by atoms with Gasteiger partial charge in [0.25, 0.3) is 0 Å². The highest BCUT2D eigenvalue weighted by Crippen LogP contribution is 2.24. The second kappa shape index (κ2) is 5.42. The number of rotatable bonds is 2. The van der Waals surface area contributed by atoms with Crippen LogP contribution in [0.3, 0.4) is 0 Å². The molecule has 0 aliphatic carbocycles. The molecule has 1 aliphatic heterocycles. The molecule has 1 N–H and O–H groups in total. The van der Waals surface area contributed by atoms with Crippen molar-refractivity contribution in [2.45, 2.75) is 19.5 Å². The SMILES string of the molecule is CC1CN(Cc2c(F)c(F)c(F)c(F)c2F)CCN1. The second-order valence-electron chi connectivity index (χ2n) is 4.64. The summed E-state index contributed by atoms with van der Waals surface area (Å²) < 4.78 is 66.0. The molecule has 0 radical (unpaired) electrons. The van der Waals surface area contributed by atoms with Gasteiger partial charge in [0.05, 0.1) is 0 Å². The van der Waals surface area contributed by atoms with E-state index in [0.717, 1.165) is 0 Å². The van der Waals surface area contributed by atoms with Crippen LogP contribution in [0.15, 0.2) is 0 Å². The summed E-state index contributed by atoms with van der Waals surface area (Å²) in [6, 6.07) is 0.106. The zero-order valence-electron chi connectivity index (χ0n) is 10.2. The zero-order valence-corrected chi connectivity index (χ0v) is 10.2. The van der Waals surface area contributed by atoms with Crippen LogP contribution in [0.4, 0.5) is 22.0 Å². The molecule has 7 heteroatoms. The molecule has 1 heterocycles. The number of halogens is 5. The van der Waals surface area contributed by atoms with Crippen molar-refractivity contribution in [3.05, 3.63) is 34.6 Å². The fourth-order valence-electron chi connectivity index (χ4n) is 2.17. The fourth-order valence-corrected chi connectivity index (χ4v) is 2.17. The molecule has 0 aromatic heterocycles. The zero-order chi connectivity index (χ0) is 14.2. The third-order valence-electron chi connectivity index (χ3n) is 3.14. The Morgan fingerprint density at radius 2 is 1.53 bits per heavy atom. The van der Waals surface area contributed by atoms with Crippen LogP contribution in [-0.4, -0.2) is 30.6 Å². The highest BCUT2D eigenvalue weighted by Gasteiger charge is 2.27. The lowest BCUT2D eigenvalue weighted by atomic mass is 10.1. The van der Waals surface area contributed by atoms with Crippen LogP contribution in [0, 0.1) is 29.1 Å². The first-order valence-electron chi connectivity index (χ1n) is 5.87. The maximum absolute atomic E-state index is 13.5. The molecule has 19 heavy (non-hydrogen) atoms. The minimum absolute atomic E-state index is 0.106. The standard InChI is InChI=1S/C12H13F5N2/c1-6-4-19(3-2-18-6)5-7-8(13)10(15)12(17)11(16)9(7)14/h6,18H,2-5H2,1H3. The van der Waals surface area contributed by atoms with Crippen molar-refractivity contribution in [1.29, 1.82) is 0 Å². The molecule has 1 atom stereocenters. The van der Waals surface area contributed by atoms with Crippen LogP contribution in [0.1, 0.15) is 12.5 Å². The largest absolute Gasteiger partial charge is 0.312 e. The van der Waals surface area contributed by atoms with E-state index >= 15 is 0 Å². The maximum atomic E-state index is 13.5. The Morgan fingerprint density at radius 1 is 1.00 bits per heavy atom. The maximum Gasteiger partial charge on any atom is 0.200 e. The molecular formula is C12H13F5N2. The van der Waals surface area contributed by atoms with E-state index in [1.165, 1.54) is 0 Å². The van der Waals surface area contributed by atoms with Crippen molar-refractivity contribution in [2.75, 3.05) is 19.6 Å². The van der Waals surface area contributed by atoms with Gasteiger partial charge in [-0.25, -0.2) is 22.0 Å². The van der Waals surface area contributed by atoms with Crippen LogP contribution in [0.5, 0.6) is 0 Å². The highest BCUT2D eigenvalue weighted by atomic mass is 19.2. The van der Waals surface area contributed by atoms with E-state index in [4.69, 9.17) is 0 Å². The molecule has 2 rings (SSSR count). The van der Waals surface area contributed by atoms with Gasteiger partial charge in [0.15, 0.2) is 23.3 Å². The first-order valence-corrected chi connectivity index (χ1v) is 5.87. The van der Waals surface area contributed by atoms with E-state index in [2.05, 4.69) is 5.32 Å². The minimum Gasteiger partial charge on any atom is -0.312 e. The van der Waals surface area contributed by atoms with Gasteiger partial charge in [-0.2, -0.15) is 0 Å². The molecule has 1 saturated heterocycles. The predicted molar refractivity (Wildman–Crippen MR) is 59.0 cm³/mol. The number of nitrogens with one attached hydrogen (secondary N) is 1. The van der Waals surface area contributed by atoms with Crippen molar-refractivity contribution in [3.63, 3.8) is 0 Å². The Kier molecular flexibility index (Phi) is 4.05. The molecule has 0 bridgehead atoms. The second-order valence-corrected chi connectivity index (χ2v) is 4.64. The molecule has 1 aromatic rings. The molecule has 0 amide bonds. The van der Waals surface area contributed by atoms with Gasteiger partial charge in [-0.3, -0.25) is 4.90 Å². The van der Waals surface area contributed by atoms with Gasteiger partial charge >= 0.3 is 0 Å². The van der Waals surface area contributed by atoms with Crippen LogP contribution in [0.25, 0.3) is 0 Å². The fraction of sp³-hybridized carbons (Fsp3) is 0.500. The Labute approximate surface area is 107 Å². The molecule has 0 saturated carbocycles. The topological polar surface area (TPSA) is 15.3 Å². The van der Waals surface area contributed by atoms with Crippen LogP contribution in [-0.2, 0) is 6.54 Å². The summed E-state index contributed by atoms with van der Waals surface area (Å²) in [5.41, 5.74) is -0.773. The van der Waals surface area contributed by atoms with Gasteiger partial charge in [-0.1, -0.05) is 0 Å². The number of hydrogen-bond acceptors (Lipinski definition) is 2. The summed E-state index contributed by atoms with van der Waals surface area (Å²) in [6.45, 7) is 3.17. The Bertz CT molecular complexity index is 462. The van der Waals surface area contributed by atoms with Crippen molar-refractivity contribution >= 4 is 0 Å². The average Bonchev–Trinajstić information content (AvgIpc) is 2.39. The van der Waals surface area contributed by atoms with Gasteiger partial charge in [0.1, 0.15) is 0 Å². The molecule has 1 fully saturated rings. The van der Waals surface area contributed by atoms with Gasteiger partial charge in [0.2, 0.25) is 5.82 Å². The first-order chi connectivity index (χ1) is 8.91. The predicted octanol–water partition coefficient (Wildman–Crippen LogP) is 2.18. The number of piperazine rings is 1. The lowest BCUT2D eigenvalue weighted by Crippen LogP contribution is -2.48. The summed E-state index contributed by atoms with van der Waals surface area (Å²) in [5.74, 6) is -9.40. The average molecular weight is 280 g/mol. The first kappa shape index (κ1) is 14.2. The summed E-state index contributed by atoms with van der Waals surface area (Å²) in [5, 5.41) is 3.12. The molecule has 1 unspecified atom stereocenters. The summed E-state index contributed by atoms with van der Waals surface area (Å²) in [7, 11) is 0. The molecule has 106 valence electrons. The molecule has 2 nitrogen and oxygen atoms in total. The Balaban J connectivity index is 2.30. The van der Waals surface area contributed by atoms with E-state index in [-0.39, 0.29) is 12.6 Å². The van der Waals surface area contributed by atoms with Crippen molar-refractivity contribution < 1.29 is 22.0 Å². The van der Waals surface area contributed by atoms with Crippen LogP contribution >= 0.6 is 0 Å². The molecule has 1 aliphatic rings. The molecule has 0 spiro atoms. The van der Waals surface area contributed by atoms with Crippen molar-refractivity contribution in [3.8, 4) is 0 Å². The van der Waals surface area contributed by atoms with Gasteiger partial charge < -0.3 is 5.32 Å². The number of benzene rings is 1. The third kappa shape index (κ3) is 2.71. The number of hydrogen-bond donors (Lipinski definition) is 1. The third-order valence-corrected chi connectivity index (χ3v) is 3.14. The lowest BCUT2D eigenvalue weighted by molar-refractivity contribution is 0.192. The summed E-state index contributed by atoms with van der Waals surface area (Å²) >= 11 is 0. The van der Waals surface area contributed by atoms with Crippen molar-refractivity contribution in [1.82, 2.24) is 10.2 Å². The van der Waals surface area contributed by atoms with E-state index in [1.54, 1.807) is 4.90 Å². The quantitative estimate of drug-likeness (QED) is 0.507. The van der Waals surface area contributed by atoms with Crippen LogP contribution < -0.4 is 5.32 Å². The molecule has 1 aromatic carbocycles. The Hall–Kier alpha value is -1.21. The van der Waals surface area contributed by atoms with Gasteiger partial charge in [-0.05, 0) is 6.92 Å². The lowest BCUT2D eigenvalue weighted by Gasteiger charge is -2.32. The van der Waals surface area contributed by atoms with Crippen LogP contribution in [0.2, 0.25) is 0 Å². The summed E-state index contributed by atoms with van der Waals surface area (Å²) in [4.78, 5) is 1.65. The molecular weight excluding hydrogens is 267 g/mol. The van der Waals surface area contributed by atoms with E-state index in [9.17, 15) is 22.0 Å². The smallest absolute Gasteiger partial charge is 0.200 e. The minimum atomic E-state index is -2.12. The van der Waals surface area contributed by atoms with E-state index in [1.807, 2.05) is 6.92 Å². The van der Waals surface area contributed by atoms with E-state index < -0.39 is 34.6 Å². The Morgan fingerprint density at radius 3 is 2.05 bits per heavy atom. The number of nitrogens with zero attached hydrogens (tertiary/aromatic N) is 1. The summed E-state index contributed by atoms with van der Waals surface area (Å²) in [6.07, 6.45) is 0. The monoisotopic (exact) mass is 280 g/mol. The van der Waals surface area contributed by atoms with Gasteiger partial charge in [0, 0.05) is 37.8 Å². The van der Waals surface area contributed by atoms with E-state index in [0.29, 0.717) is 19.6 Å². The highest BCUT2D eigenvalue weighted by molar-refractivity contribution is 5.24.